The normalized spacial score (nSPS) is 15.2. The Kier molecular flexibility index (Phi) is 4.55. The molecule has 1 amide bonds. The molecule has 24 heavy (non-hydrogen) atoms. The lowest BCUT2D eigenvalue weighted by Crippen LogP contribution is -2.38. The van der Waals surface area contributed by atoms with E-state index < -0.39 is 0 Å². The maximum absolute atomic E-state index is 13.2. The summed E-state index contributed by atoms with van der Waals surface area (Å²) >= 11 is 0. The molecule has 1 aliphatic rings. The van der Waals surface area contributed by atoms with Gasteiger partial charge in [0.25, 0.3) is 5.56 Å². The highest BCUT2D eigenvalue weighted by molar-refractivity contribution is 5.76. The summed E-state index contributed by atoms with van der Waals surface area (Å²) in [7, 11) is 1.79. The number of carbonyl (C=O) groups is 1. The number of fused-ring (bicyclic) bond motifs is 1. The quantitative estimate of drug-likeness (QED) is 0.932. The van der Waals surface area contributed by atoms with Gasteiger partial charge in [-0.15, -0.1) is 0 Å². The molecule has 1 aliphatic heterocycles. The van der Waals surface area contributed by atoms with E-state index in [-0.39, 0.29) is 23.2 Å². The maximum Gasteiger partial charge on any atom is 0.267 e. The maximum atomic E-state index is 13.2. The van der Waals surface area contributed by atoms with E-state index in [1.165, 1.54) is 12.1 Å². The highest BCUT2D eigenvalue weighted by atomic mass is 19.1. The molecule has 0 saturated heterocycles. The fourth-order valence-electron chi connectivity index (χ4n) is 3.37. The third-order valence-corrected chi connectivity index (χ3v) is 4.62. The minimum Gasteiger partial charge on any atom is -0.336 e. The van der Waals surface area contributed by atoms with Gasteiger partial charge in [0.05, 0.1) is 12.2 Å². The summed E-state index contributed by atoms with van der Waals surface area (Å²) in [5, 5.41) is 2.74. The van der Waals surface area contributed by atoms with Crippen molar-refractivity contribution in [3.63, 3.8) is 0 Å². The number of hydrogen-bond donors (Lipinski definition) is 1. The standard InChI is InChI=1S/C18H22FN3O2/c1-12(8-13-4-3-5-14(19)10-13)9-17(23)22-7-6-15-16(11-22)21(2)20-18(15)24/h3-5,10,12H,6-9,11H2,1-2H3,(H,20,24). The van der Waals surface area contributed by atoms with Crippen LogP contribution in [0.5, 0.6) is 0 Å². The van der Waals surface area contributed by atoms with Crippen LogP contribution in [0.1, 0.15) is 30.2 Å². The Morgan fingerprint density at radius 2 is 2.21 bits per heavy atom. The van der Waals surface area contributed by atoms with Crippen LogP contribution in [0.3, 0.4) is 0 Å². The molecule has 2 heterocycles. The SMILES string of the molecule is CC(CC(=O)N1CCc2c(n(C)[nH]c2=O)C1)Cc1cccc(F)c1. The van der Waals surface area contributed by atoms with Gasteiger partial charge < -0.3 is 4.90 Å². The molecule has 6 heteroatoms. The number of nitrogens with zero attached hydrogens (tertiary/aromatic N) is 2. The zero-order valence-corrected chi connectivity index (χ0v) is 14.0. The van der Waals surface area contributed by atoms with Crippen molar-refractivity contribution >= 4 is 5.91 Å². The Balaban J connectivity index is 1.61. The first-order valence-corrected chi connectivity index (χ1v) is 8.23. The van der Waals surface area contributed by atoms with Crippen LogP contribution < -0.4 is 5.56 Å². The summed E-state index contributed by atoms with van der Waals surface area (Å²) in [5.74, 6) is -0.0306. The second kappa shape index (κ2) is 6.63. The molecule has 2 aromatic rings. The van der Waals surface area contributed by atoms with Gasteiger partial charge in [-0.1, -0.05) is 19.1 Å². The van der Waals surface area contributed by atoms with Gasteiger partial charge in [-0.25, -0.2) is 4.39 Å². The molecule has 1 atom stereocenters. The van der Waals surface area contributed by atoms with E-state index in [0.29, 0.717) is 32.4 Å². The van der Waals surface area contributed by atoms with Crippen molar-refractivity contribution in [1.82, 2.24) is 14.7 Å². The van der Waals surface area contributed by atoms with Gasteiger partial charge in [0, 0.05) is 25.6 Å². The van der Waals surface area contributed by atoms with E-state index in [9.17, 15) is 14.0 Å². The number of aromatic amines is 1. The van der Waals surface area contributed by atoms with Crippen LogP contribution in [0.2, 0.25) is 0 Å². The van der Waals surface area contributed by atoms with Crippen molar-refractivity contribution in [3.05, 3.63) is 57.3 Å². The average molecular weight is 331 g/mol. The summed E-state index contributed by atoms with van der Waals surface area (Å²) < 4.78 is 14.9. The Bertz CT molecular complexity index is 809. The number of carbonyl (C=O) groups excluding carboxylic acids is 1. The molecule has 0 spiro atoms. The first-order valence-electron chi connectivity index (χ1n) is 8.23. The zero-order chi connectivity index (χ0) is 17.3. The summed E-state index contributed by atoms with van der Waals surface area (Å²) in [6.45, 7) is 3.05. The molecule has 1 aromatic heterocycles. The number of rotatable bonds is 4. The van der Waals surface area contributed by atoms with Gasteiger partial charge >= 0.3 is 0 Å². The van der Waals surface area contributed by atoms with E-state index >= 15 is 0 Å². The average Bonchev–Trinajstić information content (AvgIpc) is 2.81. The topological polar surface area (TPSA) is 58.1 Å². The fourth-order valence-corrected chi connectivity index (χ4v) is 3.37. The van der Waals surface area contributed by atoms with Gasteiger partial charge in [-0.05, 0) is 36.5 Å². The third kappa shape index (κ3) is 3.42. The molecule has 5 nitrogen and oxygen atoms in total. The van der Waals surface area contributed by atoms with E-state index in [1.54, 1.807) is 22.7 Å². The summed E-state index contributed by atoms with van der Waals surface area (Å²) in [5.41, 5.74) is 2.52. The highest BCUT2D eigenvalue weighted by Gasteiger charge is 2.26. The number of aromatic nitrogens is 2. The van der Waals surface area contributed by atoms with Gasteiger partial charge in [-0.3, -0.25) is 19.4 Å². The number of aryl methyl sites for hydroxylation is 1. The summed E-state index contributed by atoms with van der Waals surface area (Å²) in [4.78, 5) is 26.1. The Morgan fingerprint density at radius 3 is 2.96 bits per heavy atom. The minimum absolute atomic E-state index is 0.0564. The largest absolute Gasteiger partial charge is 0.336 e. The number of benzene rings is 1. The predicted octanol–water partition coefficient (Wildman–Crippen LogP) is 2.01. The molecule has 0 saturated carbocycles. The van der Waals surface area contributed by atoms with Crippen LogP contribution in [0.4, 0.5) is 4.39 Å². The van der Waals surface area contributed by atoms with Crippen molar-refractivity contribution in [2.75, 3.05) is 6.54 Å². The first kappa shape index (κ1) is 16.5. The fraction of sp³-hybridized carbons (Fsp3) is 0.444. The van der Waals surface area contributed by atoms with Crippen molar-refractivity contribution in [2.24, 2.45) is 13.0 Å². The molecule has 3 rings (SSSR count). The van der Waals surface area contributed by atoms with E-state index in [0.717, 1.165) is 16.8 Å². The molecule has 1 N–H and O–H groups in total. The van der Waals surface area contributed by atoms with E-state index in [1.807, 2.05) is 13.0 Å². The van der Waals surface area contributed by atoms with Gasteiger partial charge in [0.15, 0.2) is 0 Å². The molecule has 128 valence electrons. The molecule has 1 unspecified atom stereocenters. The Morgan fingerprint density at radius 1 is 1.42 bits per heavy atom. The van der Waals surface area contributed by atoms with Crippen LogP contribution in [0.15, 0.2) is 29.1 Å². The monoisotopic (exact) mass is 331 g/mol. The van der Waals surface area contributed by atoms with Crippen LogP contribution in [0.25, 0.3) is 0 Å². The van der Waals surface area contributed by atoms with E-state index in [4.69, 9.17) is 0 Å². The zero-order valence-electron chi connectivity index (χ0n) is 14.0. The molecular weight excluding hydrogens is 309 g/mol. The lowest BCUT2D eigenvalue weighted by Gasteiger charge is -2.28. The predicted molar refractivity (Wildman–Crippen MR) is 89.0 cm³/mol. The Hall–Kier alpha value is -2.37. The number of nitrogens with one attached hydrogen (secondary N) is 1. The first-order chi connectivity index (χ1) is 11.4. The number of amides is 1. The van der Waals surface area contributed by atoms with Crippen molar-refractivity contribution in [2.45, 2.75) is 32.7 Å². The number of H-pyrrole nitrogens is 1. The minimum atomic E-state index is -0.247. The van der Waals surface area contributed by atoms with Crippen LogP contribution in [-0.2, 0) is 31.2 Å². The van der Waals surface area contributed by atoms with Crippen molar-refractivity contribution in [3.8, 4) is 0 Å². The number of halogens is 1. The smallest absolute Gasteiger partial charge is 0.267 e. The Labute approximate surface area is 140 Å². The van der Waals surface area contributed by atoms with Crippen LogP contribution in [-0.4, -0.2) is 27.1 Å². The van der Waals surface area contributed by atoms with Gasteiger partial charge in [0.2, 0.25) is 5.91 Å². The number of hydrogen-bond acceptors (Lipinski definition) is 2. The lowest BCUT2D eigenvalue weighted by molar-refractivity contribution is -0.133. The third-order valence-electron chi connectivity index (χ3n) is 4.62. The van der Waals surface area contributed by atoms with Crippen LogP contribution >= 0.6 is 0 Å². The molecule has 0 radical (unpaired) electrons. The molecule has 0 fully saturated rings. The van der Waals surface area contributed by atoms with Gasteiger partial charge in [0.1, 0.15) is 5.82 Å². The highest BCUT2D eigenvalue weighted by Crippen LogP contribution is 2.19. The summed E-state index contributed by atoms with van der Waals surface area (Å²) in [6.07, 6.45) is 1.69. The van der Waals surface area contributed by atoms with Crippen LogP contribution in [0, 0.1) is 11.7 Å². The second-order valence-corrected chi connectivity index (χ2v) is 6.63. The molecular formula is C18H22FN3O2. The van der Waals surface area contributed by atoms with E-state index in [2.05, 4.69) is 5.10 Å². The summed E-state index contributed by atoms with van der Waals surface area (Å²) in [6, 6.07) is 6.51. The van der Waals surface area contributed by atoms with Crippen molar-refractivity contribution in [1.29, 1.82) is 0 Å². The van der Waals surface area contributed by atoms with Gasteiger partial charge in [-0.2, -0.15) is 0 Å². The lowest BCUT2D eigenvalue weighted by atomic mass is 9.97. The molecule has 0 aliphatic carbocycles. The second-order valence-electron chi connectivity index (χ2n) is 6.63. The molecule has 0 bridgehead atoms. The van der Waals surface area contributed by atoms with Crippen molar-refractivity contribution < 1.29 is 9.18 Å². The molecule has 1 aromatic carbocycles.